The van der Waals surface area contributed by atoms with Gasteiger partial charge in [0.25, 0.3) is 0 Å². The van der Waals surface area contributed by atoms with E-state index in [2.05, 4.69) is 15.3 Å². The molecule has 5 heteroatoms. The molecule has 0 radical (unpaired) electrons. The lowest BCUT2D eigenvalue weighted by molar-refractivity contribution is -0.146. The SMILES string of the molecule is CNC(=O)CCC1=NOC(=O)C1(C)C. The maximum atomic E-state index is 11.2. The number of oxime groups is 1. The minimum absolute atomic E-state index is 0.0668. The molecule has 0 saturated heterocycles. The summed E-state index contributed by atoms with van der Waals surface area (Å²) in [7, 11) is 1.57. The van der Waals surface area contributed by atoms with Gasteiger partial charge >= 0.3 is 5.97 Å². The highest BCUT2D eigenvalue weighted by Gasteiger charge is 2.40. The molecule has 5 nitrogen and oxygen atoms in total. The van der Waals surface area contributed by atoms with Crippen molar-refractivity contribution in [2.24, 2.45) is 10.6 Å². The lowest BCUT2D eigenvalue weighted by atomic mass is 9.86. The zero-order chi connectivity index (χ0) is 10.8. The van der Waals surface area contributed by atoms with Gasteiger partial charge < -0.3 is 10.2 Å². The molecule has 0 atom stereocenters. The van der Waals surface area contributed by atoms with Crippen LogP contribution in [0.1, 0.15) is 26.7 Å². The van der Waals surface area contributed by atoms with E-state index >= 15 is 0 Å². The van der Waals surface area contributed by atoms with E-state index in [1.54, 1.807) is 20.9 Å². The number of rotatable bonds is 3. The zero-order valence-corrected chi connectivity index (χ0v) is 8.59. The summed E-state index contributed by atoms with van der Waals surface area (Å²) < 4.78 is 0. The van der Waals surface area contributed by atoms with Gasteiger partial charge in [-0.05, 0) is 20.3 Å². The fourth-order valence-electron chi connectivity index (χ4n) is 1.16. The van der Waals surface area contributed by atoms with Gasteiger partial charge in [-0.3, -0.25) is 4.79 Å². The number of hydrogen-bond acceptors (Lipinski definition) is 4. The molecular formula is C9H14N2O3. The van der Waals surface area contributed by atoms with Crippen LogP contribution in [0.2, 0.25) is 0 Å². The quantitative estimate of drug-likeness (QED) is 0.669. The summed E-state index contributed by atoms with van der Waals surface area (Å²) in [4.78, 5) is 26.7. The molecule has 0 spiro atoms. The molecule has 1 amide bonds. The molecule has 0 fully saturated rings. The molecule has 14 heavy (non-hydrogen) atoms. The van der Waals surface area contributed by atoms with Crippen molar-refractivity contribution >= 4 is 17.6 Å². The largest absolute Gasteiger partial charge is 0.359 e. The van der Waals surface area contributed by atoms with E-state index in [1.165, 1.54) is 0 Å². The first-order valence-corrected chi connectivity index (χ1v) is 4.48. The van der Waals surface area contributed by atoms with Crippen LogP contribution in [0, 0.1) is 5.41 Å². The Labute approximate surface area is 82.5 Å². The topological polar surface area (TPSA) is 67.8 Å². The van der Waals surface area contributed by atoms with E-state index in [9.17, 15) is 9.59 Å². The summed E-state index contributed by atoms with van der Waals surface area (Å²) in [5.41, 5.74) is -0.0558. The van der Waals surface area contributed by atoms with Crippen LogP contribution in [-0.4, -0.2) is 24.6 Å². The zero-order valence-electron chi connectivity index (χ0n) is 8.59. The van der Waals surface area contributed by atoms with Gasteiger partial charge in [-0.1, -0.05) is 5.16 Å². The monoisotopic (exact) mass is 198 g/mol. The van der Waals surface area contributed by atoms with Gasteiger partial charge in [0.2, 0.25) is 5.91 Å². The smallest absolute Gasteiger partial charge is 0.346 e. The third-order valence-electron chi connectivity index (χ3n) is 2.34. The van der Waals surface area contributed by atoms with Crippen LogP contribution in [0.5, 0.6) is 0 Å². The van der Waals surface area contributed by atoms with Crippen molar-refractivity contribution in [1.82, 2.24) is 5.32 Å². The summed E-state index contributed by atoms with van der Waals surface area (Å²) in [5, 5.41) is 6.17. The highest BCUT2D eigenvalue weighted by atomic mass is 16.7. The highest BCUT2D eigenvalue weighted by Crippen LogP contribution is 2.28. The van der Waals surface area contributed by atoms with Crippen molar-refractivity contribution in [1.29, 1.82) is 0 Å². The standard InChI is InChI=1S/C9H14N2O3/c1-9(2)6(11-14-8(9)13)4-5-7(12)10-3/h4-5H2,1-3H3,(H,10,12). The minimum Gasteiger partial charge on any atom is -0.359 e. The Bertz CT molecular complexity index is 294. The summed E-state index contributed by atoms with van der Waals surface area (Å²) in [6.07, 6.45) is 0.786. The van der Waals surface area contributed by atoms with Crippen LogP contribution in [0.4, 0.5) is 0 Å². The Hall–Kier alpha value is -1.39. The number of carbonyl (C=O) groups is 2. The third-order valence-corrected chi connectivity index (χ3v) is 2.34. The third kappa shape index (κ3) is 1.92. The predicted octanol–water partition coefficient (Wildman–Crippen LogP) is 0.452. The molecule has 1 N–H and O–H groups in total. The maximum Gasteiger partial charge on any atom is 0.346 e. The number of carbonyl (C=O) groups excluding carboxylic acids is 2. The van der Waals surface area contributed by atoms with Crippen molar-refractivity contribution in [2.75, 3.05) is 7.05 Å². The first-order chi connectivity index (χ1) is 6.48. The number of nitrogens with one attached hydrogen (secondary N) is 1. The lowest BCUT2D eigenvalue weighted by Crippen LogP contribution is -2.29. The van der Waals surface area contributed by atoms with Crippen molar-refractivity contribution < 1.29 is 14.4 Å². The normalized spacial score (nSPS) is 18.8. The predicted molar refractivity (Wildman–Crippen MR) is 50.6 cm³/mol. The van der Waals surface area contributed by atoms with Crippen molar-refractivity contribution in [3.63, 3.8) is 0 Å². The van der Waals surface area contributed by atoms with E-state index in [-0.39, 0.29) is 11.9 Å². The lowest BCUT2D eigenvalue weighted by Gasteiger charge is -2.13. The second kappa shape index (κ2) is 3.77. The number of hydrogen-bond donors (Lipinski definition) is 1. The average molecular weight is 198 g/mol. The number of amides is 1. The van der Waals surface area contributed by atoms with Crippen LogP contribution in [0.3, 0.4) is 0 Å². The first kappa shape index (κ1) is 10.7. The molecule has 0 bridgehead atoms. The van der Waals surface area contributed by atoms with Gasteiger partial charge in [0.1, 0.15) is 5.41 Å². The van der Waals surface area contributed by atoms with E-state index < -0.39 is 5.41 Å². The van der Waals surface area contributed by atoms with Gasteiger partial charge in [0, 0.05) is 13.5 Å². The first-order valence-electron chi connectivity index (χ1n) is 4.48. The fourth-order valence-corrected chi connectivity index (χ4v) is 1.16. The van der Waals surface area contributed by atoms with Crippen LogP contribution in [-0.2, 0) is 14.4 Å². The minimum atomic E-state index is -0.686. The summed E-state index contributed by atoms with van der Waals surface area (Å²) in [6, 6.07) is 0. The van der Waals surface area contributed by atoms with E-state index in [0.29, 0.717) is 18.6 Å². The van der Waals surface area contributed by atoms with Crippen molar-refractivity contribution in [2.45, 2.75) is 26.7 Å². The molecule has 0 aliphatic carbocycles. The molecule has 0 aromatic carbocycles. The molecule has 78 valence electrons. The van der Waals surface area contributed by atoms with Gasteiger partial charge in [0.15, 0.2) is 0 Å². The summed E-state index contributed by atoms with van der Waals surface area (Å²) in [5.74, 6) is -0.424. The van der Waals surface area contributed by atoms with Crippen molar-refractivity contribution in [3.8, 4) is 0 Å². The second-order valence-corrected chi connectivity index (χ2v) is 3.71. The fraction of sp³-hybridized carbons (Fsp3) is 0.667. The van der Waals surface area contributed by atoms with Gasteiger partial charge in [0.05, 0.1) is 5.71 Å². The second-order valence-electron chi connectivity index (χ2n) is 3.71. The molecule has 1 aliphatic heterocycles. The highest BCUT2D eigenvalue weighted by molar-refractivity contribution is 6.09. The van der Waals surface area contributed by atoms with Crippen LogP contribution in [0.15, 0.2) is 5.16 Å². The maximum absolute atomic E-state index is 11.2. The van der Waals surface area contributed by atoms with Gasteiger partial charge in [-0.2, -0.15) is 0 Å². The molecule has 0 aromatic rings. The molecule has 0 aromatic heterocycles. The van der Waals surface area contributed by atoms with Gasteiger partial charge in [-0.15, -0.1) is 0 Å². The van der Waals surface area contributed by atoms with Crippen LogP contribution < -0.4 is 5.32 Å². The van der Waals surface area contributed by atoms with E-state index in [0.717, 1.165) is 0 Å². The number of nitrogens with zero attached hydrogens (tertiary/aromatic N) is 1. The van der Waals surface area contributed by atoms with Crippen LogP contribution >= 0.6 is 0 Å². The Morgan fingerprint density at radius 1 is 1.57 bits per heavy atom. The molecule has 1 aliphatic rings. The Morgan fingerprint density at radius 2 is 2.21 bits per heavy atom. The van der Waals surface area contributed by atoms with Crippen LogP contribution in [0.25, 0.3) is 0 Å². The molecule has 1 heterocycles. The molecule has 0 saturated carbocycles. The summed E-state index contributed by atoms with van der Waals surface area (Å²) >= 11 is 0. The molecular weight excluding hydrogens is 184 g/mol. The Kier molecular flexibility index (Phi) is 2.88. The van der Waals surface area contributed by atoms with E-state index in [1.807, 2.05) is 0 Å². The Balaban J connectivity index is 2.55. The molecule has 0 unspecified atom stereocenters. The average Bonchev–Trinajstić information content (AvgIpc) is 2.39. The van der Waals surface area contributed by atoms with Crippen molar-refractivity contribution in [3.05, 3.63) is 0 Å². The molecule has 1 rings (SSSR count). The summed E-state index contributed by atoms with van der Waals surface area (Å²) in [6.45, 7) is 3.48. The van der Waals surface area contributed by atoms with Gasteiger partial charge in [-0.25, -0.2) is 4.79 Å². The Morgan fingerprint density at radius 3 is 2.64 bits per heavy atom. The van der Waals surface area contributed by atoms with E-state index in [4.69, 9.17) is 0 Å².